The SMILES string of the molecule is COc1cc2oc(=O)cc(C)c2cc1OCC(O)CN1CCOCC1.Cl. The third-order valence-electron chi connectivity index (χ3n) is 4.24. The summed E-state index contributed by atoms with van der Waals surface area (Å²) in [7, 11) is 1.52. The van der Waals surface area contributed by atoms with Gasteiger partial charge in [-0.3, -0.25) is 4.90 Å². The van der Waals surface area contributed by atoms with Crippen molar-refractivity contribution in [2.45, 2.75) is 13.0 Å². The van der Waals surface area contributed by atoms with Gasteiger partial charge in [0.15, 0.2) is 11.5 Å². The van der Waals surface area contributed by atoms with E-state index in [0.29, 0.717) is 36.8 Å². The molecule has 0 bridgehead atoms. The van der Waals surface area contributed by atoms with E-state index in [-0.39, 0.29) is 19.0 Å². The molecular weight excluding hydrogens is 362 g/mol. The summed E-state index contributed by atoms with van der Waals surface area (Å²) >= 11 is 0. The number of morpholine rings is 1. The van der Waals surface area contributed by atoms with Crippen LogP contribution in [0.15, 0.2) is 27.4 Å². The number of halogens is 1. The Labute approximate surface area is 157 Å². The summed E-state index contributed by atoms with van der Waals surface area (Å²) in [6.45, 7) is 5.53. The van der Waals surface area contributed by atoms with E-state index in [4.69, 9.17) is 18.6 Å². The van der Waals surface area contributed by atoms with Crippen molar-refractivity contribution in [1.82, 2.24) is 4.90 Å². The monoisotopic (exact) mass is 385 g/mol. The van der Waals surface area contributed by atoms with Crippen molar-refractivity contribution in [2.75, 3.05) is 46.6 Å². The molecule has 0 amide bonds. The van der Waals surface area contributed by atoms with Gasteiger partial charge in [0.25, 0.3) is 0 Å². The summed E-state index contributed by atoms with van der Waals surface area (Å²) in [5.41, 5.74) is 0.845. The first-order valence-corrected chi connectivity index (χ1v) is 8.30. The average molecular weight is 386 g/mol. The van der Waals surface area contributed by atoms with Gasteiger partial charge >= 0.3 is 5.63 Å². The number of methoxy groups -OCH3 is 1. The van der Waals surface area contributed by atoms with Crippen molar-refractivity contribution < 1.29 is 23.7 Å². The highest BCUT2D eigenvalue weighted by Crippen LogP contribution is 2.33. The summed E-state index contributed by atoms with van der Waals surface area (Å²) < 4.78 is 21.6. The Balaban J connectivity index is 0.00000243. The number of rotatable bonds is 6. The molecule has 0 aliphatic carbocycles. The Kier molecular flexibility index (Phi) is 7.28. The molecule has 1 saturated heterocycles. The first-order valence-electron chi connectivity index (χ1n) is 8.30. The molecule has 2 heterocycles. The number of hydrogen-bond donors (Lipinski definition) is 1. The van der Waals surface area contributed by atoms with Crippen LogP contribution in [0.3, 0.4) is 0 Å². The first-order chi connectivity index (χ1) is 12.1. The van der Waals surface area contributed by atoms with Gasteiger partial charge in [0.05, 0.1) is 20.3 Å². The highest BCUT2D eigenvalue weighted by Gasteiger charge is 2.17. The molecule has 7 nitrogen and oxygen atoms in total. The number of aliphatic hydroxyl groups excluding tert-OH is 1. The smallest absolute Gasteiger partial charge is 0.336 e. The molecule has 1 aromatic carbocycles. The van der Waals surface area contributed by atoms with Crippen LogP contribution in [0.4, 0.5) is 0 Å². The molecule has 1 N–H and O–H groups in total. The summed E-state index contributed by atoms with van der Waals surface area (Å²) in [6.07, 6.45) is -0.617. The maximum atomic E-state index is 11.5. The normalized spacial score (nSPS) is 16.1. The van der Waals surface area contributed by atoms with Crippen LogP contribution in [0.5, 0.6) is 11.5 Å². The fourth-order valence-electron chi connectivity index (χ4n) is 2.92. The second kappa shape index (κ2) is 9.23. The Hall–Kier alpha value is -1.80. The molecule has 144 valence electrons. The molecule has 1 aromatic heterocycles. The van der Waals surface area contributed by atoms with Crippen LogP contribution in [0.1, 0.15) is 5.56 Å². The number of aryl methyl sites for hydroxylation is 1. The van der Waals surface area contributed by atoms with Crippen molar-refractivity contribution in [3.63, 3.8) is 0 Å². The minimum absolute atomic E-state index is 0. The number of benzene rings is 1. The van der Waals surface area contributed by atoms with E-state index >= 15 is 0 Å². The highest BCUT2D eigenvalue weighted by atomic mass is 35.5. The number of hydrogen-bond acceptors (Lipinski definition) is 7. The maximum Gasteiger partial charge on any atom is 0.336 e. The molecule has 1 unspecified atom stereocenters. The fraction of sp³-hybridized carbons (Fsp3) is 0.500. The zero-order valence-corrected chi connectivity index (χ0v) is 15.7. The van der Waals surface area contributed by atoms with Crippen LogP contribution in [0.2, 0.25) is 0 Å². The van der Waals surface area contributed by atoms with E-state index in [1.807, 2.05) is 6.92 Å². The zero-order valence-electron chi connectivity index (χ0n) is 14.9. The highest BCUT2D eigenvalue weighted by molar-refractivity contribution is 5.85. The topological polar surface area (TPSA) is 81.4 Å². The van der Waals surface area contributed by atoms with E-state index in [2.05, 4.69) is 4.90 Å². The van der Waals surface area contributed by atoms with Crippen molar-refractivity contribution in [2.24, 2.45) is 0 Å². The predicted octanol–water partition coefficient (Wildman–Crippen LogP) is 1.60. The van der Waals surface area contributed by atoms with Gasteiger partial charge < -0.3 is 23.7 Å². The lowest BCUT2D eigenvalue weighted by atomic mass is 10.1. The van der Waals surface area contributed by atoms with Crippen molar-refractivity contribution >= 4 is 23.4 Å². The van der Waals surface area contributed by atoms with Crippen LogP contribution < -0.4 is 15.1 Å². The lowest BCUT2D eigenvalue weighted by Crippen LogP contribution is -2.42. The maximum absolute atomic E-state index is 11.5. The van der Waals surface area contributed by atoms with E-state index < -0.39 is 11.7 Å². The van der Waals surface area contributed by atoms with Gasteiger partial charge in [-0.15, -0.1) is 12.4 Å². The molecule has 1 fully saturated rings. The number of ether oxygens (including phenoxy) is 3. The number of nitrogens with zero attached hydrogens (tertiary/aromatic N) is 1. The Bertz CT molecular complexity index is 787. The fourth-order valence-corrected chi connectivity index (χ4v) is 2.92. The largest absolute Gasteiger partial charge is 0.493 e. The third-order valence-corrected chi connectivity index (χ3v) is 4.24. The molecule has 2 aromatic rings. The quantitative estimate of drug-likeness (QED) is 0.756. The van der Waals surface area contributed by atoms with Gasteiger partial charge in [-0.2, -0.15) is 0 Å². The lowest BCUT2D eigenvalue weighted by molar-refractivity contribution is 0.00446. The lowest BCUT2D eigenvalue weighted by Gasteiger charge is -2.28. The molecule has 3 rings (SSSR count). The van der Waals surface area contributed by atoms with E-state index in [1.165, 1.54) is 13.2 Å². The Morgan fingerprint density at radius 2 is 1.96 bits per heavy atom. The van der Waals surface area contributed by atoms with Crippen molar-refractivity contribution in [3.05, 3.63) is 34.2 Å². The Morgan fingerprint density at radius 1 is 1.23 bits per heavy atom. The number of aliphatic hydroxyl groups is 1. The summed E-state index contributed by atoms with van der Waals surface area (Å²) in [4.78, 5) is 13.7. The average Bonchev–Trinajstić information content (AvgIpc) is 2.60. The Morgan fingerprint density at radius 3 is 2.65 bits per heavy atom. The second-order valence-electron chi connectivity index (χ2n) is 6.13. The molecule has 1 atom stereocenters. The minimum Gasteiger partial charge on any atom is -0.493 e. The van der Waals surface area contributed by atoms with Gasteiger partial charge in [-0.25, -0.2) is 4.79 Å². The minimum atomic E-state index is -0.617. The molecule has 0 spiro atoms. The molecule has 1 aliphatic rings. The summed E-state index contributed by atoms with van der Waals surface area (Å²) in [5, 5.41) is 11.0. The van der Waals surface area contributed by atoms with Crippen LogP contribution in [-0.2, 0) is 4.74 Å². The van der Waals surface area contributed by atoms with Gasteiger partial charge in [0.1, 0.15) is 18.3 Å². The molecule has 1 aliphatic heterocycles. The van der Waals surface area contributed by atoms with Gasteiger partial charge in [-0.05, 0) is 18.6 Å². The van der Waals surface area contributed by atoms with Crippen LogP contribution in [-0.4, -0.2) is 62.7 Å². The van der Waals surface area contributed by atoms with E-state index in [9.17, 15) is 9.90 Å². The van der Waals surface area contributed by atoms with Crippen LogP contribution >= 0.6 is 12.4 Å². The summed E-state index contributed by atoms with van der Waals surface area (Å²) in [5.74, 6) is 0.966. The molecule has 0 radical (unpaired) electrons. The summed E-state index contributed by atoms with van der Waals surface area (Å²) in [6, 6.07) is 4.84. The molecule has 0 saturated carbocycles. The predicted molar refractivity (Wildman–Crippen MR) is 99.8 cm³/mol. The van der Waals surface area contributed by atoms with Gasteiger partial charge in [-0.1, -0.05) is 0 Å². The molecular formula is C18H24ClNO6. The van der Waals surface area contributed by atoms with E-state index in [0.717, 1.165) is 24.0 Å². The zero-order chi connectivity index (χ0) is 17.8. The molecule has 26 heavy (non-hydrogen) atoms. The third kappa shape index (κ3) is 4.88. The first kappa shape index (κ1) is 20.5. The van der Waals surface area contributed by atoms with Gasteiger partial charge in [0.2, 0.25) is 0 Å². The van der Waals surface area contributed by atoms with E-state index in [1.54, 1.807) is 12.1 Å². The number of β-amino-alcohol motifs (C(OH)–C–C–N with tert-alkyl or cyclic N) is 1. The van der Waals surface area contributed by atoms with Crippen molar-refractivity contribution in [3.8, 4) is 11.5 Å². The number of fused-ring (bicyclic) bond motifs is 1. The van der Waals surface area contributed by atoms with Crippen molar-refractivity contribution in [1.29, 1.82) is 0 Å². The van der Waals surface area contributed by atoms with Gasteiger partial charge in [0, 0.05) is 37.2 Å². The standard InChI is InChI=1S/C18H23NO6.ClH/c1-12-7-18(21)25-15-9-16(22-2)17(8-14(12)15)24-11-13(20)10-19-3-5-23-6-4-19;/h7-9,13,20H,3-6,10-11H2,1-2H3;1H. The second-order valence-corrected chi connectivity index (χ2v) is 6.13. The van der Waals surface area contributed by atoms with Crippen LogP contribution in [0, 0.1) is 6.92 Å². The van der Waals surface area contributed by atoms with Crippen LogP contribution in [0.25, 0.3) is 11.0 Å². The molecule has 8 heteroatoms.